The Hall–Kier alpha value is -2.58. The Labute approximate surface area is 180 Å². The van der Waals surface area contributed by atoms with Gasteiger partial charge in [0.05, 0.1) is 24.8 Å². The summed E-state index contributed by atoms with van der Waals surface area (Å²) in [6, 6.07) is 4.71. The lowest BCUT2D eigenvalue weighted by atomic mass is 9.99. The number of carbonyl (C=O) groups is 2. The molecule has 0 aromatic heterocycles. The number of nitrogens with one attached hydrogen (secondary N) is 1. The Bertz CT molecular complexity index is 899. The quantitative estimate of drug-likeness (QED) is 0.639. The number of carboxylic acid groups (broad SMARTS) is 1. The summed E-state index contributed by atoms with van der Waals surface area (Å²) in [6.07, 6.45) is 1.60. The molecule has 0 radical (unpaired) electrons. The zero-order chi connectivity index (χ0) is 21.8. The number of ether oxygens (including phenoxy) is 2. The van der Waals surface area contributed by atoms with E-state index in [2.05, 4.69) is 10.3 Å². The minimum atomic E-state index is -1.02. The van der Waals surface area contributed by atoms with Gasteiger partial charge in [0.25, 0.3) is 5.91 Å². The number of aromatic carboxylic acids is 1. The lowest BCUT2D eigenvalue weighted by Crippen LogP contribution is -2.56. The molecule has 2 heterocycles. The maximum absolute atomic E-state index is 12.7. The van der Waals surface area contributed by atoms with Crippen LogP contribution in [0.2, 0.25) is 0 Å². The number of carboxylic acids is 1. The van der Waals surface area contributed by atoms with Gasteiger partial charge in [-0.2, -0.15) is 0 Å². The van der Waals surface area contributed by atoms with E-state index in [4.69, 9.17) is 21.1 Å². The van der Waals surface area contributed by atoms with Gasteiger partial charge >= 0.3 is 5.97 Å². The lowest BCUT2D eigenvalue weighted by Gasteiger charge is -2.39. The van der Waals surface area contributed by atoms with Crippen molar-refractivity contribution in [1.29, 1.82) is 0 Å². The summed E-state index contributed by atoms with van der Waals surface area (Å²) < 4.78 is 10.9. The van der Waals surface area contributed by atoms with Gasteiger partial charge in [0, 0.05) is 38.4 Å². The van der Waals surface area contributed by atoms with E-state index in [1.165, 1.54) is 13.2 Å². The molecule has 30 heavy (non-hydrogen) atoms. The summed E-state index contributed by atoms with van der Waals surface area (Å²) in [5.41, 5.74) is 2.28. The number of methoxy groups -OCH3 is 2. The predicted molar refractivity (Wildman–Crippen MR) is 115 cm³/mol. The summed E-state index contributed by atoms with van der Waals surface area (Å²) >= 11 is 6.09. The average molecular weight is 436 g/mol. The van der Waals surface area contributed by atoms with Crippen molar-refractivity contribution in [1.82, 2.24) is 5.32 Å². The number of allylic oxidation sites excluding steroid dienone is 1. The fourth-order valence-corrected chi connectivity index (χ4v) is 4.03. The molecule has 0 aliphatic carbocycles. The number of amides is 1. The summed E-state index contributed by atoms with van der Waals surface area (Å²) in [5.74, 6) is -0.770. The highest BCUT2D eigenvalue weighted by molar-refractivity contribution is 6.43. The van der Waals surface area contributed by atoms with Gasteiger partial charge in [-0.25, -0.2) is 9.79 Å². The van der Waals surface area contributed by atoms with Gasteiger partial charge in [-0.3, -0.25) is 4.79 Å². The second-order valence-corrected chi connectivity index (χ2v) is 7.65. The Balaban J connectivity index is 1.69. The molecule has 1 amide bonds. The van der Waals surface area contributed by atoms with Crippen molar-refractivity contribution < 1.29 is 24.2 Å². The normalized spacial score (nSPS) is 21.5. The van der Waals surface area contributed by atoms with Crippen LogP contribution in [0.3, 0.4) is 0 Å². The molecule has 8 nitrogen and oxygen atoms in total. The summed E-state index contributed by atoms with van der Waals surface area (Å²) in [5, 5.41) is 12.8. The van der Waals surface area contributed by atoms with Crippen molar-refractivity contribution in [2.45, 2.75) is 38.3 Å². The first-order chi connectivity index (χ1) is 14.4. The number of aliphatic imine (C=N–C) groups is 1. The maximum atomic E-state index is 12.7. The molecule has 2 aliphatic rings. The Morgan fingerprint density at radius 2 is 2.10 bits per heavy atom. The van der Waals surface area contributed by atoms with E-state index in [9.17, 15) is 14.7 Å². The number of halogens is 1. The number of piperidine rings is 1. The molecule has 1 aromatic carbocycles. The molecule has 2 atom stereocenters. The van der Waals surface area contributed by atoms with Gasteiger partial charge in [0.1, 0.15) is 16.6 Å². The summed E-state index contributed by atoms with van der Waals surface area (Å²) in [6.45, 7) is 3.11. The van der Waals surface area contributed by atoms with Crippen LogP contribution in [0.5, 0.6) is 5.75 Å². The van der Waals surface area contributed by atoms with E-state index in [1.807, 2.05) is 11.8 Å². The third kappa shape index (κ3) is 4.76. The minimum Gasteiger partial charge on any atom is -0.497 e. The first-order valence-corrected chi connectivity index (χ1v) is 10.2. The van der Waals surface area contributed by atoms with Gasteiger partial charge in [0.15, 0.2) is 0 Å². The fourth-order valence-electron chi connectivity index (χ4n) is 3.73. The first kappa shape index (κ1) is 22.1. The van der Waals surface area contributed by atoms with Crippen LogP contribution in [0.4, 0.5) is 5.69 Å². The number of nitrogens with zero attached hydrogens (tertiary/aromatic N) is 2. The van der Waals surface area contributed by atoms with E-state index in [1.54, 1.807) is 19.2 Å². The molecule has 1 unspecified atom stereocenters. The highest BCUT2D eigenvalue weighted by Gasteiger charge is 2.33. The fraction of sp³-hybridized carbons (Fsp3) is 0.476. The number of carbonyl (C=O) groups excluding carboxylic acids is 1. The zero-order valence-corrected chi connectivity index (χ0v) is 18.0. The molecule has 1 fully saturated rings. The second kappa shape index (κ2) is 9.49. The number of rotatable bonds is 7. The van der Waals surface area contributed by atoms with Crippen LogP contribution in [0, 0.1) is 0 Å². The highest BCUT2D eigenvalue weighted by atomic mass is 35.5. The summed E-state index contributed by atoms with van der Waals surface area (Å²) in [7, 11) is 3.10. The largest absolute Gasteiger partial charge is 0.497 e. The Kier molecular flexibility index (Phi) is 6.99. The molecule has 0 saturated carbocycles. The van der Waals surface area contributed by atoms with E-state index < -0.39 is 5.97 Å². The van der Waals surface area contributed by atoms with Gasteiger partial charge in [-0.1, -0.05) is 18.5 Å². The van der Waals surface area contributed by atoms with Crippen molar-refractivity contribution in [3.8, 4) is 5.75 Å². The van der Waals surface area contributed by atoms with Crippen molar-refractivity contribution in [3.05, 3.63) is 34.5 Å². The SMILES string of the molecule is CCC1=C(Cl)N=C(C(=O)NC2CCN(c3cc(OC)cc(C(=O)O)c3)C[C@@H]2OC)C1. The van der Waals surface area contributed by atoms with E-state index in [0.717, 1.165) is 17.7 Å². The van der Waals surface area contributed by atoms with Crippen LogP contribution in [0.1, 0.15) is 36.5 Å². The average Bonchev–Trinajstić information content (AvgIpc) is 3.14. The Morgan fingerprint density at radius 1 is 1.33 bits per heavy atom. The van der Waals surface area contributed by atoms with Crippen molar-refractivity contribution >= 4 is 34.9 Å². The first-order valence-electron chi connectivity index (χ1n) is 9.82. The zero-order valence-electron chi connectivity index (χ0n) is 17.3. The topological polar surface area (TPSA) is 100 Å². The standard InChI is InChI=1S/C21H26ClN3O5/c1-4-12-9-17(23-19(12)22)20(26)24-16-5-6-25(11-18(16)30-3)14-7-13(21(27)28)8-15(10-14)29-2/h7-8,10,16,18H,4-6,9,11H2,1-3H3,(H,24,26)(H,27,28)/t16?,18-/m0/s1. The number of hydrogen-bond donors (Lipinski definition) is 2. The third-order valence-electron chi connectivity index (χ3n) is 5.51. The number of anilines is 1. The molecule has 0 spiro atoms. The minimum absolute atomic E-state index is 0.157. The van der Waals surface area contributed by atoms with Crippen LogP contribution in [-0.2, 0) is 9.53 Å². The lowest BCUT2D eigenvalue weighted by molar-refractivity contribution is -0.116. The summed E-state index contributed by atoms with van der Waals surface area (Å²) in [4.78, 5) is 30.3. The van der Waals surface area contributed by atoms with E-state index >= 15 is 0 Å². The highest BCUT2D eigenvalue weighted by Crippen LogP contribution is 2.28. The molecule has 3 rings (SSSR count). The number of benzene rings is 1. The van der Waals surface area contributed by atoms with Crippen molar-refractivity contribution in [2.75, 3.05) is 32.2 Å². The van der Waals surface area contributed by atoms with Crippen LogP contribution in [0.25, 0.3) is 0 Å². The molecule has 1 aromatic rings. The molecule has 2 aliphatic heterocycles. The number of hydrogen-bond acceptors (Lipinski definition) is 6. The molecule has 162 valence electrons. The molecule has 2 N–H and O–H groups in total. The van der Waals surface area contributed by atoms with E-state index in [0.29, 0.717) is 42.5 Å². The molecular weight excluding hydrogens is 410 g/mol. The molecular formula is C21H26ClN3O5. The molecule has 0 bridgehead atoms. The monoisotopic (exact) mass is 435 g/mol. The Morgan fingerprint density at radius 3 is 2.70 bits per heavy atom. The van der Waals surface area contributed by atoms with Crippen LogP contribution in [-0.4, -0.2) is 62.1 Å². The van der Waals surface area contributed by atoms with Crippen LogP contribution < -0.4 is 15.0 Å². The maximum Gasteiger partial charge on any atom is 0.335 e. The van der Waals surface area contributed by atoms with Crippen LogP contribution in [0.15, 0.2) is 33.9 Å². The smallest absolute Gasteiger partial charge is 0.335 e. The predicted octanol–water partition coefficient (Wildman–Crippen LogP) is 2.81. The molecule has 1 saturated heterocycles. The van der Waals surface area contributed by atoms with E-state index in [-0.39, 0.29) is 23.6 Å². The van der Waals surface area contributed by atoms with Gasteiger partial charge in [-0.15, -0.1) is 0 Å². The third-order valence-corrected chi connectivity index (χ3v) is 5.86. The van der Waals surface area contributed by atoms with Crippen molar-refractivity contribution in [3.63, 3.8) is 0 Å². The van der Waals surface area contributed by atoms with Crippen LogP contribution >= 0.6 is 11.6 Å². The second-order valence-electron chi connectivity index (χ2n) is 7.30. The molecule has 9 heteroatoms. The van der Waals surface area contributed by atoms with Gasteiger partial charge < -0.3 is 24.8 Å². The van der Waals surface area contributed by atoms with Gasteiger partial charge in [0.2, 0.25) is 0 Å². The van der Waals surface area contributed by atoms with Crippen molar-refractivity contribution in [2.24, 2.45) is 4.99 Å². The van der Waals surface area contributed by atoms with Gasteiger partial charge in [-0.05, 0) is 30.5 Å².